The van der Waals surface area contributed by atoms with E-state index in [-0.39, 0.29) is 16.9 Å². The van der Waals surface area contributed by atoms with Crippen LogP contribution in [0.1, 0.15) is 56.3 Å². The number of methoxy groups -OCH3 is 2. The van der Waals surface area contributed by atoms with Gasteiger partial charge in [0.15, 0.2) is 17.3 Å². The first-order valence-electron chi connectivity index (χ1n) is 13.8. The van der Waals surface area contributed by atoms with Crippen molar-refractivity contribution in [2.45, 2.75) is 24.4 Å². The molecule has 0 radical (unpaired) electrons. The molecule has 4 atom stereocenters. The molecule has 4 aromatic rings. The zero-order chi connectivity index (χ0) is 31.6. The molecule has 1 heterocycles. The molecule has 4 unspecified atom stereocenters. The standard InChI is InChI=1S/C35H29ClN2O6/c1-35(34(41)42)30(25-15-18-27(43-2)28(19-25)44-3)29(32(39)23-11-9-21(20-37)10-12-23)31(22-13-16-26(36)17-14-22)38(35)33(40)24-7-5-4-6-8-24/h4-19,29-31H,1-3H3,(H,41,42). The zero-order valence-corrected chi connectivity index (χ0v) is 25.0. The number of halogens is 1. The molecular weight excluding hydrogens is 580 g/mol. The Morgan fingerprint density at radius 3 is 2.02 bits per heavy atom. The van der Waals surface area contributed by atoms with Crippen molar-refractivity contribution in [3.63, 3.8) is 0 Å². The minimum atomic E-state index is -1.91. The number of aliphatic carboxylic acids is 1. The highest BCUT2D eigenvalue weighted by Crippen LogP contribution is 2.57. The summed E-state index contributed by atoms with van der Waals surface area (Å²) >= 11 is 6.24. The highest BCUT2D eigenvalue weighted by molar-refractivity contribution is 6.30. The van der Waals surface area contributed by atoms with Crippen molar-refractivity contribution in [1.82, 2.24) is 4.90 Å². The van der Waals surface area contributed by atoms with Gasteiger partial charge >= 0.3 is 5.97 Å². The van der Waals surface area contributed by atoms with Crippen LogP contribution in [0.5, 0.6) is 11.5 Å². The monoisotopic (exact) mass is 608 g/mol. The third-order valence-electron chi connectivity index (χ3n) is 8.34. The van der Waals surface area contributed by atoms with Gasteiger partial charge in [-0.25, -0.2) is 4.79 Å². The molecule has 222 valence electrons. The summed E-state index contributed by atoms with van der Waals surface area (Å²) in [4.78, 5) is 44.0. The quantitative estimate of drug-likeness (QED) is 0.225. The third-order valence-corrected chi connectivity index (χ3v) is 8.59. The first-order chi connectivity index (χ1) is 21.1. The maximum atomic E-state index is 14.7. The average molecular weight is 609 g/mol. The molecule has 1 aliphatic rings. The summed E-state index contributed by atoms with van der Waals surface area (Å²) in [5.74, 6) is -3.56. The third kappa shape index (κ3) is 5.16. The lowest BCUT2D eigenvalue weighted by Gasteiger charge is -2.38. The fraction of sp³-hybridized carbons (Fsp3) is 0.200. The van der Waals surface area contributed by atoms with E-state index in [1.54, 1.807) is 84.9 Å². The Hall–Kier alpha value is -5.13. The maximum Gasteiger partial charge on any atom is 0.330 e. The minimum absolute atomic E-state index is 0.275. The number of likely N-dealkylation sites (tertiary alicyclic amines) is 1. The number of carboxylic acids is 1. The molecule has 4 aromatic carbocycles. The molecule has 1 amide bonds. The molecule has 1 N–H and O–H groups in total. The number of nitrogens with zero attached hydrogens (tertiary/aromatic N) is 2. The smallest absolute Gasteiger partial charge is 0.330 e. The number of hydrogen-bond acceptors (Lipinski definition) is 6. The van der Waals surface area contributed by atoms with Crippen LogP contribution in [0.2, 0.25) is 5.02 Å². The number of ketones is 1. The molecule has 0 saturated carbocycles. The average Bonchev–Trinajstić information content (AvgIpc) is 3.34. The summed E-state index contributed by atoms with van der Waals surface area (Å²) in [6.45, 7) is 1.48. The fourth-order valence-corrected chi connectivity index (χ4v) is 6.34. The topological polar surface area (TPSA) is 117 Å². The number of Topliss-reactive ketones (excluding diaryl/α,β-unsaturated/α-hetero) is 1. The molecule has 0 aliphatic carbocycles. The molecule has 5 rings (SSSR count). The van der Waals surface area contributed by atoms with Crippen LogP contribution in [0, 0.1) is 17.2 Å². The Morgan fingerprint density at radius 2 is 1.45 bits per heavy atom. The molecule has 44 heavy (non-hydrogen) atoms. The Labute approximate surface area is 260 Å². The van der Waals surface area contributed by atoms with E-state index in [9.17, 15) is 24.8 Å². The van der Waals surface area contributed by atoms with Crippen molar-refractivity contribution in [2.24, 2.45) is 5.92 Å². The summed E-state index contributed by atoms with van der Waals surface area (Å²) in [5.41, 5.74) is 0.0265. The molecule has 9 heteroatoms. The minimum Gasteiger partial charge on any atom is -0.493 e. The number of carbonyl (C=O) groups excluding carboxylic acids is 2. The maximum absolute atomic E-state index is 14.7. The molecule has 1 aliphatic heterocycles. The lowest BCUT2D eigenvalue weighted by molar-refractivity contribution is -0.148. The van der Waals surface area contributed by atoms with E-state index in [1.807, 2.05) is 6.07 Å². The van der Waals surface area contributed by atoms with Crippen LogP contribution < -0.4 is 9.47 Å². The van der Waals surface area contributed by atoms with Crippen molar-refractivity contribution < 1.29 is 29.0 Å². The SMILES string of the molecule is COc1ccc(C2C(C(=O)c3ccc(C#N)cc3)C(c3ccc(Cl)cc3)N(C(=O)c3ccccc3)C2(C)C(=O)O)cc1OC. The number of carboxylic acid groups (broad SMARTS) is 1. The van der Waals surface area contributed by atoms with Gasteiger partial charge in [0.1, 0.15) is 5.54 Å². The van der Waals surface area contributed by atoms with Gasteiger partial charge in [0, 0.05) is 22.1 Å². The molecule has 1 saturated heterocycles. The second kappa shape index (κ2) is 12.2. The summed E-state index contributed by atoms with van der Waals surface area (Å²) < 4.78 is 11.0. The van der Waals surface area contributed by atoms with Gasteiger partial charge in [0.2, 0.25) is 0 Å². The van der Waals surface area contributed by atoms with Crippen LogP contribution in [0.3, 0.4) is 0 Å². The number of ether oxygens (including phenoxy) is 2. The molecule has 0 aromatic heterocycles. The number of hydrogen-bond donors (Lipinski definition) is 1. The van der Waals surface area contributed by atoms with E-state index < -0.39 is 35.3 Å². The van der Waals surface area contributed by atoms with Gasteiger partial charge in [0.05, 0.1) is 37.8 Å². The van der Waals surface area contributed by atoms with E-state index in [0.29, 0.717) is 33.2 Å². The highest BCUT2D eigenvalue weighted by atomic mass is 35.5. The lowest BCUT2D eigenvalue weighted by atomic mass is 9.71. The van der Waals surface area contributed by atoms with E-state index >= 15 is 0 Å². The van der Waals surface area contributed by atoms with Gasteiger partial charge < -0.3 is 19.5 Å². The van der Waals surface area contributed by atoms with Crippen LogP contribution in [0.15, 0.2) is 97.1 Å². The van der Waals surface area contributed by atoms with Gasteiger partial charge in [-0.05, 0) is 66.6 Å². The Balaban J connectivity index is 1.84. The predicted molar refractivity (Wildman–Crippen MR) is 164 cm³/mol. The predicted octanol–water partition coefficient (Wildman–Crippen LogP) is 6.55. The fourth-order valence-electron chi connectivity index (χ4n) is 6.22. The lowest BCUT2D eigenvalue weighted by Crippen LogP contribution is -2.54. The second-order valence-electron chi connectivity index (χ2n) is 10.7. The summed E-state index contributed by atoms with van der Waals surface area (Å²) in [6, 6.07) is 27.3. The number of amides is 1. The van der Waals surface area contributed by atoms with Crippen LogP contribution in [-0.4, -0.2) is 47.4 Å². The van der Waals surface area contributed by atoms with Crippen LogP contribution >= 0.6 is 11.6 Å². The van der Waals surface area contributed by atoms with Crippen LogP contribution in [0.4, 0.5) is 0 Å². The number of benzene rings is 4. The summed E-state index contributed by atoms with van der Waals surface area (Å²) in [7, 11) is 2.95. The van der Waals surface area contributed by atoms with Crippen molar-refractivity contribution in [2.75, 3.05) is 14.2 Å². The van der Waals surface area contributed by atoms with Gasteiger partial charge in [-0.1, -0.05) is 60.1 Å². The van der Waals surface area contributed by atoms with E-state index in [0.717, 1.165) is 0 Å². The summed E-state index contributed by atoms with van der Waals surface area (Å²) in [5, 5.41) is 20.8. The van der Waals surface area contributed by atoms with E-state index in [2.05, 4.69) is 0 Å². The number of carbonyl (C=O) groups is 3. The molecule has 0 bridgehead atoms. The van der Waals surface area contributed by atoms with Gasteiger partial charge in [-0.2, -0.15) is 5.26 Å². The number of nitriles is 1. The highest BCUT2D eigenvalue weighted by Gasteiger charge is 2.65. The second-order valence-corrected chi connectivity index (χ2v) is 11.1. The first-order valence-corrected chi connectivity index (χ1v) is 14.2. The number of rotatable bonds is 8. The first kappa shape index (κ1) is 30.3. The zero-order valence-electron chi connectivity index (χ0n) is 24.2. The molecular formula is C35H29ClN2O6. The Bertz CT molecular complexity index is 1750. The summed E-state index contributed by atoms with van der Waals surface area (Å²) in [6.07, 6.45) is 0. The van der Waals surface area contributed by atoms with Crippen molar-refractivity contribution in [3.05, 3.63) is 130 Å². The normalized spacial score (nSPS) is 20.9. The molecule has 8 nitrogen and oxygen atoms in total. The van der Waals surface area contributed by atoms with Crippen LogP contribution in [0.25, 0.3) is 0 Å². The van der Waals surface area contributed by atoms with Gasteiger partial charge in [0.25, 0.3) is 5.91 Å². The van der Waals surface area contributed by atoms with Gasteiger partial charge in [-0.15, -0.1) is 0 Å². The van der Waals surface area contributed by atoms with Crippen molar-refractivity contribution in [3.8, 4) is 17.6 Å². The van der Waals surface area contributed by atoms with E-state index in [4.69, 9.17) is 21.1 Å². The van der Waals surface area contributed by atoms with Gasteiger partial charge in [-0.3, -0.25) is 9.59 Å². The van der Waals surface area contributed by atoms with Crippen molar-refractivity contribution in [1.29, 1.82) is 5.26 Å². The molecule has 1 fully saturated rings. The largest absolute Gasteiger partial charge is 0.493 e. The molecule has 0 spiro atoms. The van der Waals surface area contributed by atoms with Crippen molar-refractivity contribution >= 4 is 29.3 Å². The van der Waals surface area contributed by atoms with E-state index in [1.165, 1.54) is 38.2 Å². The van der Waals surface area contributed by atoms with Crippen LogP contribution in [-0.2, 0) is 4.79 Å². The Kier molecular flexibility index (Phi) is 8.43. The Morgan fingerprint density at radius 1 is 0.841 bits per heavy atom.